The van der Waals surface area contributed by atoms with Crippen LogP contribution in [0.1, 0.15) is 35.7 Å². The van der Waals surface area contributed by atoms with Crippen LogP contribution in [0.5, 0.6) is 0 Å². The highest BCUT2D eigenvalue weighted by Crippen LogP contribution is 2.07. The first kappa shape index (κ1) is 16.0. The Morgan fingerprint density at radius 2 is 1.91 bits per heavy atom. The van der Waals surface area contributed by atoms with E-state index in [0.717, 1.165) is 31.6 Å². The van der Waals surface area contributed by atoms with Crippen molar-refractivity contribution < 1.29 is 4.79 Å². The van der Waals surface area contributed by atoms with Crippen LogP contribution in [0, 0.1) is 0 Å². The molecule has 0 saturated heterocycles. The average molecular weight is 297 g/mol. The second kappa shape index (κ2) is 8.82. The van der Waals surface area contributed by atoms with Crippen LogP contribution < -0.4 is 10.6 Å². The Morgan fingerprint density at radius 1 is 1.09 bits per heavy atom. The predicted molar refractivity (Wildman–Crippen MR) is 90.1 cm³/mol. The largest absolute Gasteiger partial charge is 0.370 e. The Bertz CT molecular complexity index is 567. The van der Waals surface area contributed by atoms with Crippen molar-refractivity contribution in [2.45, 2.75) is 26.2 Å². The Labute approximate surface area is 132 Å². The number of nitrogens with one attached hydrogen (secondary N) is 2. The molecule has 1 aromatic heterocycles. The predicted octanol–water partition coefficient (Wildman–Crippen LogP) is 3.27. The van der Waals surface area contributed by atoms with Gasteiger partial charge in [-0.15, -0.1) is 0 Å². The molecule has 2 rings (SSSR count). The molecular weight excluding hydrogens is 274 g/mol. The SMILES string of the molecule is CCCNC(=O)c1ccc(NCCCc2ccccc2)nc1. The summed E-state index contributed by atoms with van der Waals surface area (Å²) in [4.78, 5) is 16.0. The highest BCUT2D eigenvalue weighted by Gasteiger charge is 2.04. The maximum atomic E-state index is 11.8. The molecule has 2 aromatic rings. The summed E-state index contributed by atoms with van der Waals surface area (Å²) < 4.78 is 0. The fraction of sp³-hybridized carbons (Fsp3) is 0.333. The maximum absolute atomic E-state index is 11.8. The monoisotopic (exact) mass is 297 g/mol. The van der Waals surface area contributed by atoms with Gasteiger partial charge in [-0.05, 0) is 37.0 Å². The van der Waals surface area contributed by atoms with E-state index in [2.05, 4.69) is 39.9 Å². The number of aromatic nitrogens is 1. The van der Waals surface area contributed by atoms with E-state index in [4.69, 9.17) is 0 Å². The number of carbonyl (C=O) groups excluding carboxylic acids is 1. The van der Waals surface area contributed by atoms with E-state index < -0.39 is 0 Å². The summed E-state index contributed by atoms with van der Waals surface area (Å²) in [6.45, 7) is 3.59. The molecule has 0 atom stereocenters. The van der Waals surface area contributed by atoms with Gasteiger partial charge in [0.2, 0.25) is 0 Å². The summed E-state index contributed by atoms with van der Waals surface area (Å²) in [6.07, 6.45) is 4.64. The molecule has 0 saturated carbocycles. The van der Waals surface area contributed by atoms with Gasteiger partial charge in [0.25, 0.3) is 5.91 Å². The van der Waals surface area contributed by atoms with Gasteiger partial charge in [0, 0.05) is 19.3 Å². The summed E-state index contributed by atoms with van der Waals surface area (Å²) in [5.74, 6) is 0.741. The quantitative estimate of drug-likeness (QED) is 0.735. The number of anilines is 1. The van der Waals surface area contributed by atoms with Crippen molar-refractivity contribution >= 4 is 11.7 Å². The second-order valence-corrected chi connectivity index (χ2v) is 5.20. The van der Waals surface area contributed by atoms with E-state index >= 15 is 0 Å². The molecule has 1 aromatic carbocycles. The maximum Gasteiger partial charge on any atom is 0.252 e. The van der Waals surface area contributed by atoms with E-state index in [0.29, 0.717) is 12.1 Å². The van der Waals surface area contributed by atoms with Gasteiger partial charge in [0.1, 0.15) is 5.82 Å². The van der Waals surface area contributed by atoms with Crippen LogP contribution in [0.2, 0.25) is 0 Å². The third-order valence-electron chi connectivity index (χ3n) is 3.35. The molecule has 0 bridgehead atoms. The summed E-state index contributed by atoms with van der Waals surface area (Å²) >= 11 is 0. The Hall–Kier alpha value is -2.36. The topological polar surface area (TPSA) is 54.0 Å². The molecular formula is C18H23N3O. The molecule has 0 spiro atoms. The first-order valence-corrected chi connectivity index (χ1v) is 7.81. The molecule has 4 nitrogen and oxygen atoms in total. The van der Waals surface area contributed by atoms with E-state index in [9.17, 15) is 4.79 Å². The molecule has 0 radical (unpaired) electrons. The van der Waals surface area contributed by atoms with Crippen molar-refractivity contribution in [2.75, 3.05) is 18.4 Å². The van der Waals surface area contributed by atoms with E-state index in [1.165, 1.54) is 5.56 Å². The van der Waals surface area contributed by atoms with Gasteiger partial charge < -0.3 is 10.6 Å². The normalized spacial score (nSPS) is 10.2. The lowest BCUT2D eigenvalue weighted by Crippen LogP contribution is -2.24. The molecule has 0 unspecified atom stereocenters. The third kappa shape index (κ3) is 5.20. The van der Waals surface area contributed by atoms with Crippen LogP contribution >= 0.6 is 0 Å². The van der Waals surface area contributed by atoms with Crippen LogP contribution in [0.4, 0.5) is 5.82 Å². The molecule has 2 N–H and O–H groups in total. The van der Waals surface area contributed by atoms with Crippen molar-refractivity contribution in [3.05, 3.63) is 59.8 Å². The van der Waals surface area contributed by atoms with Crippen LogP contribution in [0.25, 0.3) is 0 Å². The van der Waals surface area contributed by atoms with Crippen molar-refractivity contribution in [1.29, 1.82) is 0 Å². The second-order valence-electron chi connectivity index (χ2n) is 5.20. The van der Waals surface area contributed by atoms with Gasteiger partial charge in [-0.1, -0.05) is 37.3 Å². The summed E-state index contributed by atoms with van der Waals surface area (Å²) in [5.41, 5.74) is 1.95. The standard InChI is InChI=1S/C18H23N3O/c1-2-12-20-18(22)16-10-11-17(21-14-16)19-13-6-9-15-7-4-3-5-8-15/h3-5,7-8,10-11,14H,2,6,9,12-13H2,1H3,(H,19,21)(H,20,22). The highest BCUT2D eigenvalue weighted by molar-refractivity contribution is 5.93. The van der Waals surface area contributed by atoms with Crippen LogP contribution in [0.3, 0.4) is 0 Å². The van der Waals surface area contributed by atoms with E-state index in [-0.39, 0.29) is 5.91 Å². The number of rotatable bonds is 8. The zero-order valence-corrected chi connectivity index (χ0v) is 13.0. The summed E-state index contributed by atoms with van der Waals surface area (Å²) in [5, 5.41) is 6.12. The first-order chi connectivity index (χ1) is 10.8. The van der Waals surface area contributed by atoms with Crippen molar-refractivity contribution in [3.8, 4) is 0 Å². The van der Waals surface area contributed by atoms with Crippen LogP contribution in [0.15, 0.2) is 48.7 Å². The molecule has 116 valence electrons. The van der Waals surface area contributed by atoms with Crippen molar-refractivity contribution in [2.24, 2.45) is 0 Å². The number of aryl methyl sites for hydroxylation is 1. The lowest BCUT2D eigenvalue weighted by atomic mass is 10.1. The first-order valence-electron chi connectivity index (χ1n) is 7.81. The highest BCUT2D eigenvalue weighted by atomic mass is 16.1. The van der Waals surface area contributed by atoms with Gasteiger partial charge in [-0.25, -0.2) is 4.98 Å². The minimum Gasteiger partial charge on any atom is -0.370 e. The summed E-state index contributed by atoms with van der Waals surface area (Å²) in [6, 6.07) is 14.1. The number of hydrogen-bond donors (Lipinski definition) is 2. The molecule has 22 heavy (non-hydrogen) atoms. The number of benzene rings is 1. The van der Waals surface area contributed by atoms with E-state index in [1.807, 2.05) is 19.1 Å². The lowest BCUT2D eigenvalue weighted by Gasteiger charge is -2.07. The average Bonchev–Trinajstić information content (AvgIpc) is 2.58. The summed E-state index contributed by atoms with van der Waals surface area (Å²) in [7, 11) is 0. The molecule has 1 heterocycles. The van der Waals surface area contributed by atoms with Gasteiger partial charge in [0.05, 0.1) is 5.56 Å². The Morgan fingerprint density at radius 3 is 2.59 bits per heavy atom. The molecule has 4 heteroatoms. The fourth-order valence-corrected chi connectivity index (χ4v) is 2.13. The van der Waals surface area contributed by atoms with Gasteiger partial charge in [-0.3, -0.25) is 4.79 Å². The third-order valence-corrected chi connectivity index (χ3v) is 3.35. The van der Waals surface area contributed by atoms with Crippen molar-refractivity contribution in [3.63, 3.8) is 0 Å². The number of amides is 1. The zero-order chi connectivity index (χ0) is 15.6. The van der Waals surface area contributed by atoms with Crippen LogP contribution in [-0.2, 0) is 6.42 Å². The van der Waals surface area contributed by atoms with Gasteiger partial charge >= 0.3 is 0 Å². The Kier molecular flexibility index (Phi) is 6.42. The molecule has 0 aliphatic heterocycles. The van der Waals surface area contributed by atoms with Crippen molar-refractivity contribution in [1.82, 2.24) is 10.3 Å². The lowest BCUT2D eigenvalue weighted by molar-refractivity contribution is 0.0953. The molecule has 1 amide bonds. The van der Waals surface area contributed by atoms with Crippen LogP contribution in [-0.4, -0.2) is 24.0 Å². The molecule has 0 aliphatic rings. The number of carbonyl (C=O) groups is 1. The fourth-order valence-electron chi connectivity index (χ4n) is 2.13. The van der Waals surface area contributed by atoms with E-state index in [1.54, 1.807) is 12.3 Å². The molecule has 0 aliphatic carbocycles. The van der Waals surface area contributed by atoms with Gasteiger partial charge in [0.15, 0.2) is 0 Å². The Balaban J connectivity index is 1.73. The number of nitrogens with zero attached hydrogens (tertiary/aromatic N) is 1. The minimum absolute atomic E-state index is 0.0648. The smallest absolute Gasteiger partial charge is 0.252 e. The zero-order valence-electron chi connectivity index (χ0n) is 13.0. The number of hydrogen-bond acceptors (Lipinski definition) is 3. The number of pyridine rings is 1. The van der Waals surface area contributed by atoms with Gasteiger partial charge in [-0.2, -0.15) is 0 Å². The molecule has 0 fully saturated rings. The minimum atomic E-state index is -0.0648.